The van der Waals surface area contributed by atoms with Crippen molar-refractivity contribution < 1.29 is 19.1 Å². The summed E-state index contributed by atoms with van der Waals surface area (Å²) in [5, 5.41) is 9.37. The molecule has 0 spiro atoms. The van der Waals surface area contributed by atoms with Gasteiger partial charge in [0.1, 0.15) is 18.2 Å². The minimum absolute atomic E-state index is 0.0328. The zero-order valence-electron chi connectivity index (χ0n) is 14.3. The van der Waals surface area contributed by atoms with Crippen LogP contribution >= 0.6 is 0 Å². The first kappa shape index (κ1) is 18.3. The summed E-state index contributed by atoms with van der Waals surface area (Å²) in [6.45, 7) is 0.443. The van der Waals surface area contributed by atoms with Gasteiger partial charge >= 0.3 is 0 Å². The number of hydrogen-bond acceptors (Lipinski definition) is 4. The number of benzene rings is 3. The summed E-state index contributed by atoms with van der Waals surface area (Å²) in [6, 6.07) is 20.3. The Hall–Kier alpha value is -3.51. The number of ether oxygens (including phenoxy) is 1. The number of carbonyl (C=O) groups excluding carboxylic acids is 1. The molecular weight excluding hydrogens is 347 g/mol. The maximum absolute atomic E-state index is 13.5. The molecule has 2 N–H and O–H groups in total. The van der Waals surface area contributed by atoms with Gasteiger partial charge in [-0.05, 0) is 48.0 Å². The number of aldehydes is 1. The van der Waals surface area contributed by atoms with E-state index in [1.807, 2.05) is 35.8 Å². The highest BCUT2D eigenvalue weighted by molar-refractivity contribution is 6.05. The molecule has 136 valence electrons. The van der Waals surface area contributed by atoms with E-state index < -0.39 is 5.82 Å². The van der Waals surface area contributed by atoms with Crippen molar-refractivity contribution in [2.45, 2.75) is 6.61 Å². The van der Waals surface area contributed by atoms with Crippen molar-refractivity contribution in [1.82, 2.24) is 5.48 Å². The maximum Gasteiger partial charge on any atom is 0.158 e. The summed E-state index contributed by atoms with van der Waals surface area (Å²) in [4.78, 5) is 15.4. The molecule has 27 heavy (non-hydrogen) atoms. The second-order valence-electron chi connectivity index (χ2n) is 5.69. The second-order valence-corrected chi connectivity index (χ2v) is 5.69. The molecule has 0 atom stereocenters. The van der Waals surface area contributed by atoms with Crippen LogP contribution in [0.5, 0.6) is 5.75 Å². The minimum Gasteiger partial charge on any atom is -0.489 e. The summed E-state index contributed by atoms with van der Waals surface area (Å²) in [7, 11) is 0. The largest absolute Gasteiger partial charge is 0.489 e. The Balaban J connectivity index is 1.77. The van der Waals surface area contributed by atoms with Crippen molar-refractivity contribution in [1.29, 1.82) is 0 Å². The Labute approximate surface area is 155 Å². The topological polar surface area (TPSA) is 70.9 Å². The van der Waals surface area contributed by atoms with Gasteiger partial charge in [0.25, 0.3) is 0 Å². The third-order valence-electron chi connectivity index (χ3n) is 3.83. The molecule has 6 heteroatoms. The number of aliphatic imine (C=N–C) groups is 1. The van der Waals surface area contributed by atoms with Crippen LogP contribution in [0.2, 0.25) is 0 Å². The van der Waals surface area contributed by atoms with Crippen molar-refractivity contribution in [3.8, 4) is 5.75 Å². The molecule has 5 nitrogen and oxygen atoms in total. The van der Waals surface area contributed by atoms with E-state index in [9.17, 15) is 14.4 Å². The Morgan fingerprint density at radius 2 is 1.81 bits per heavy atom. The molecule has 0 bridgehead atoms. The molecule has 0 aliphatic rings. The molecule has 3 rings (SSSR count). The molecule has 0 aliphatic heterocycles. The van der Waals surface area contributed by atoms with Gasteiger partial charge in [-0.1, -0.05) is 30.3 Å². The van der Waals surface area contributed by atoms with Crippen molar-refractivity contribution >= 4 is 17.8 Å². The minimum atomic E-state index is -0.539. The summed E-state index contributed by atoms with van der Waals surface area (Å²) >= 11 is 0. The van der Waals surface area contributed by atoms with E-state index in [1.165, 1.54) is 12.1 Å². The Morgan fingerprint density at radius 3 is 2.48 bits per heavy atom. The lowest BCUT2D eigenvalue weighted by Crippen LogP contribution is -2.21. The third kappa shape index (κ3) is 4.77. The van der Waals surface area contributed by atoms with Crippen LogP contribution in [0.15, 0.2) is 77.8 Å². The number of nitrogens with one attached hydrogen (secondary N) is 1. The van der Waals surface area contributed by atoms with E-state index in [1.54, 1.807) is 24.3 Å². The summed E-state index contributed by atoms with van der Waals surface area (Å²) < 4.78 is 19.2. The zero-order valence-corrected chi connectivity index (χ0v) is 14.3. The highest BCUT2D eigenvalue weighted by Gasteiger charge is 2.10. The van der Waals surface area contributed by atoms with Gasteiger partial charge in [0.2, 0.25) is 0 Å². The number of hydrogen-bond donors (Lipinski definition) is 2. The van der Waals surface area contributed by atoms with Gasteiger partial charge in [-0.3, -0.25) is 15.5 Å². The van der Waals surface area contributed by atoms with Crippen LogP contribution in [0.1, 0.15) is 21.5 Å². The van der Waals surface area contributed by atoms with Crippen LogP contribution in [0.25, 0.3) is 0 Å². The molecule has 0 radical (unpaired) electrons. The molecule has 0 heterocycles. The van der Waals surface area contributed by atoms with Crippen LogP contribution in [0, 0.1) is 5.82 Å². The normalized spacial score (nSPS) is 11.1. The molecular formula is C21H17FN2O3. The standard InChI is InChI=1S/C21H17FN2O3/c22-17-7-6-16(13-25)20(12-17)21(24-26)23-18-8-10-19(11-9-18)27-14-15-4-2-1-3-5-15/h1-13,26H,14H2,(H,23,24). The molecule has 0 saturated carbocycles. The number of rotatable bonds is 6. The number of halogens is 1. The van der Waals surface area contributed by atoms with E-state index in [0.717, 1.165) is 11.6 Å². The molecule has 0 saturated heterocycles. The highest BCUT2D eigenvalue weighted by Crippen LogP contribution is 2.21. The lowest BCUT2D eigenvalue weighted by molar-refractivity contribution is 0.112. The van der Waals surface area contributed by atoms with Gasteiger partial charge in [-0.2, -0.15) is 0 Å². The zero-order chi connectivity index (χ0) is 19.1. The fourth-order valence-corrected chi connectivity index (χ4v) is 2.47. The van der Waals surface area contributed by atoms with Crippen molar-refractivity contribution in [2.75, 3.05) is 0 Å². The van der Waals surface area contributed by atoms with Gasteiger partial charge < -0.3 is 4.74 Å². The fraction of sp³-hybridized carbons (Fsp3) is 0.0476. The molecule has 0 amide bonds. The van der Waals surface area contributed by atoms with E-state index in [2.05, 4.69) is 4.99 Å². The molecule has 3 aromatic rings. The average Bonchev–Trinajstić information content (AvgIpc) is 2.72. The van der Waals surface area contributed by atoms with Crippen molar-refractivity contribution in [3.05, 3.63) is 95.3 Å². The first-order chi connectivity index (χ1) is 13.2. The lowest BCUT2D eigenvalue weighted by Gasteiger charge is -2.09. The van der Waals surface area contributed by atoms with Crippen LogP contribution in [0.4, 0.5) is 10.1 Å². The van der Waals surface area contributed by atoms with E-state index in [0.29, 0.717) is 24.3 Å². The van der Waals surface area contributed by atoms with E-state index >= 15 is 0 Å². The Bertz CT molecular complexity index is 941. The predicted octanol–water partition coefficient (Wildman–Crippen LogP) is 4.27. The number of hydroxylamine groups is 1. The van der Waals surface area contributed by atoms with Gasteiger partial charge in [-0.25, -0.2) is 9.38 Å². The summed E-state index contributed by atoms with van der Waals surface area (Å²) in [6.07, 6.45) is 0.572. The number of nitrogens with zero attached hydrogens (tertiary/aromatic N) is 1. The molecule has 0 unspecified atom stereocenters. The molecule has 0 fully saturated rings. The SMILES string of the molecule is O=Cc1ccc(F)cc1C(=Nc1ccc(OCc2ccccc2)cc1)NO. The number of amidine groups is 1. The molecule has 0 aliphatic carbocycles. The lowest BCUT2D eigenvalue weighted by atomic mass is 10.1. The maximum atomic E-state index is 13.5. The predicted molar refractivity (Wildman–Crippen MR) is 100 cm³/mol. The first-order valence-corrected chi connectivity index (χ1v) is 8.20. The monoisotopic (exact) mass is 364 g/mol. The quantitative estimate of drug-likeness (QED) is 0.296. The Morgan fingerprint density at radius 1 is 1.07 bits per heavy atom. The van der Waals surface area contributed by atoms with Gasteiger partial charge in [0.05, 0.1) is 5.69 Å². The van der Waals surface area contributed by atoms with Crippen LogP contribution < -0.4 is 10.2 Å². The Kier molecular flexibility index (Phi) is 5.91. The van der Waals surface area contributed by atoms with Gasteiger partial charge in [-0.15, -0.1) is 0 Å². The van der Waals surface area contributed by atoms with Crippen LogP contribution in [0.3, 0.4) is 0 Å². The van der Waals surface area contributed by atoms with Crippen LogP contribution in [-0.4, -0.2) is 17.3 Å². The summed E-state index contributed by atoms with van der Waals surface area (Å²) in [5.74, 6) is 0.0911. The van der Waals surface area contributed by atoms with E-state index in [-0.39, 0.29) is 17.0 Å². The van der Waals surface area contributed by atoms with Crippen molar-refractivity contribution in [3.63, 3.8) is 0 Å². The number of carbonyl (C=O) groups is 1. The van der Waals surface area contributed by atoms with E-state index in [4.69, 9.17) is 4.74 Å². The highest BCUT2D eigenvalue weighted by atomic mass is 19.1. The smallest absolute Gasteiger partial charge is 0.158 e. The fourth-order valence-electron chi connectivity index (χ4n) is 2.47. The van der Waals surface area contributed by atoms with Crippen LogP contribution in [-0.2, 0) is 6.61 Å². The molecule has 3 aromatic carbocycles. The average molecular weight is 364 g/mol. The summed E-state index contributed by atoms with van der Waals surface area (Å²) in [5.41, 5.74) is 3.85. The second kappa shape index (κ2) is 8.73. The van der Waals surface area contributed by atoms with Gasteiger partial charge in [0, 0.05) is 11.1 Å². The first-order valence-electron chi connectivity index (χ1n) is 8.20. The third-order valence-corrected chi connectivity index (χ3v) is 3.83. The molecule has 0 aromatic heterocycles. The van der Waals surface area contributed by atoms with Gasteiger partial charge in [0.15, 0.2) is 12.1 Å². The van der Waals surface area contributed by atoms with Crippen molar-refractivity contribution in [2.24, 2.45) is 4.99 Å².